The summed E-state index contributed by atoms with van der Waals surface area (Å²) in [7, 11) is 0. The van der Waals surface area contributed by atoms with Crippen LogP contribution in [0.1, 0.15) is 226 Å². The van der Waals surface area contributed by atoms with Crippen LogP contribution in [-0.2, 0) is 28.6 Å². The first kappa shape index (κ1) is 59.3. The molecule has 358 valence electrons. The predicted molar refractivity (Wildman–Crippen MR) is 270 cm³/mol. The van der Waals surface area contributed by atoms with E-state index in [0.29, 0.717) is 19.3 Å². The molecule has 1 atom stereocenters. The van der Waals surface area contributed by atoms with Gasteiger partial charge in [0.25, 0.3) is 0 Å². The van der Waals surface area contributed by atoms with E-state index in [-0.39, 0.29) is 31.1 Å². The molecule has 0 aromatic heterocycles. The molecular weight excluding hydrogens is 781 g/mol. The van der Waals surface area contributed by atoms with Gasteiger partial charge < -0.3 is 14.2 Å². The molecular formula is C57H94O6. The number of unbranched alkanes of at least 4 members (excludes halogenated alkanes) is 20. The van der Waals surface area contributed by atoms with Gasteiger partial charge in [0.2, 0.25) is 0 Å². The SMILES string of the molecule is CC\C=C/C=C\C=C/CCCCCCCCCC(=O)OC(COC(=O)CCCCCCCC/C=C\C/C=C\C/C=C\CC)COC(=O)CCCCCCCCC/C=C\C/C=C\CC. The highest BCUT2D eigenvalue weighted by atomic mass is 16.6. The van der Waals surface area contributed by atoms with Crippen molar-refractivity contribution >= 4 is 17.9 Å². The minimum Gasteiger partial charge on any atom is -0.462 e. The van der Waals surface area contributed by atoms with Crippen LogP contribution in [0.25, 0.3) is 0 Å². The average Bonchev–Trinajstić information content (AvgIpc) is 3.28. The van der Waals surface area contributed by atoms with Crippen molar-refractivity contribution in [2.75, 3.05) is 13.2 Å². The number of hydrogen-bond acceptors (Lipinski definition) is 6. The molecule has 0 amide bonds. The molecule has 0 rings (SSSR count). The second-order valence-electron chi connectivity index (χ2n) is 16.7. The van der Waals surface area contributed by atoms with E-state index in [2.05, 4.69) is 118 Å². The fraction of sp³-hybridized carbons (Fsp3) is 0.667. The normalized spacial score (nSPS) is 12.9. The highest BCUT2D eigenvalue weighted by Gasteiger charge is 2.19. The monoisotopic (exact) mass is 875 g/mol. The zero-order chi connectivity index (χ0) is 45.8. The molecule has 0 heterocycles. The molecule has 6 heteroatoms. The third-order valence-corrected chi connectivity index (χ3v) is 10.6. The Hall–Kier alpha value is -3.67. The minimum atomic E-state index is -0.793. The zero-order valence-corrected chi connectivity index (χ0v) is 40.8. The van der Waals surface area contributed by atoms with Crippen molar-refractivity contribution in [3.8, 4) is 0 Å². The predicted octanol–water partition coefficient (Wildman–Crippen LogP) is 17.0. The third-order valence-electron chi connectivity index (χ3n) is 10.6. The van der Waals surface area contributed by atoms with Crippen LogP contribution < -0.4 is 0 Å². The van der Waals surface area contributed by atoms with Gasteiger partial charge in [-0.15, -0.1) is 0 Å². The van der Waals surface area contributed by atoms with E-state index >= 15 is 0 Å². The van der Waals surface area contributed by atoms with Crippen LogP contribution in [0.15, 0.2) is 97.2 Å². The van der Waals surface area contributed by atoms with Crippen molar-refractivity contribution < 1.29 is 28.6 Å². The van der Waals surface area contributed by atoms with Gasteiger partial charge in [-0.25, -0.2) is 0 Å². The average molecular weight is 875 g/mol. The zero-order valence-electron chi connectivity index (χ0n) is 40.8. The molecule has 0 fully saturated rings. The van der Waals surface area contributed by atoms with Gasteiger partial charge in [0.05, 0.1) is 0 Å². The van der Waals surface area contributed by atoms with Crippen LogP contribution in [0.2, 0.25) is 0 Å². The molecule has 0 aliphatic heterocycles. The fourth-order valence-corrected chi connectivity index (χ4v) is 6.85. The van der Waals surface area contributed by atoms with Crippen LogP contribution >= 0.6 is 0 Å². The Morgan fingerprint density at radius 2 is 0.651 bits per heavy atom. The van der Waals surface area contributed by atoms with Crippen molar-refractivity contribution in [2.24, 2.45) is 0 Å². The Labute approximate surface area is 387 Å². The van der Waals surface area contributed by atoms with E-state index in [0.717, 1.165) is 122 Å². The number of carbonyl (C=O) groups is 3. The van der Waals surface area contributed by atoms with Crippen molar-refractivity contribution in [3.05, 3.63) is 97.2 Å². The van der Waals surface area contributed by atoms with Gasteiger partial charge in [-0.05, 0) is 96.3 Å². The van der Waals surface area contributed by atoms with Gasteiger partial charge in [0.1, 0.15) is 13.2 Å². The summed E-state index contributed by atoms with van der Waals surface area (Å²) in [6, 6.07) is 0. The van der Waals surface area contributed by atoms with Crippen molar-refractivity contribution in [1.29, 1.82) is 0 Å². The summed E-state index contributed by atoms with van der Waals surface area (Å²) in [6.45, 7) is 6.26. The summed E-state index contributed by atoms with van der Waals surface area (Å²) in [5.74, 6) is -0.928. The molecule has 0 aliphatic rings. The summed E-state index contributed by atoms with van der Waals surface area (Å²) in [6.07, 6.45) is 66.7. The lowest BCUT2D eigenvalue weighted by molar-refractivity contribution is -0.167. The quantitative estimate of drug-likeness (QED) is 0.0199. The summed E-state index contributed by atoms with van der Waals surface area (Å²) >= 11 is 0. The van der Waals surface area contributed by atoms with E-state index in [9.17, 15) is 14.4 Å². The van der Waals surface area contributed by atoms with Crippen molar-refractivity contribution in [3.63, 3.8) is 0 Å². The molecule has 0 spiro atoms. The minimum absolute atomic E-state index is 0.0922. The van der Waals surface area contributed by atoms with Crippen LogP contribution in [0.3, 0.4) is 0 Å². The lowest BCUT2D eigenvalue weighted by Gasteiger charge is -2.18. The largest absolute Gasteiger partial charge is 0.462 e. The maximum absolute atomic E-state index is 12.8. The van der Waals surface area contributed by atoms with Crippen molar-refractivity contribution in [2.45, 2.75) is 232 Å². The van der Waals surface area contributed by atoms with E-state index in [4.69, 9.17) is 14.2 Å². The second kappa shape index (κ2) is 51.0. The highest BCUT2D eigenvalue weighted by Crippen LogP contribution is 2.14. The molecule has 6 nitrogen and oxygen atoms in total. The Balaban J connectivity index is 4.44. The van der Waals surface area contributed by atoms with E-state index in [1.807, 2.05) is 0 Å². The van der Waals surface area contributed by atoms with E-state index < -0.39 is 6.10 Å². The molecule has 0 aromatic carbocycles. The summed E-state index contributed by atoms with van der Waals surface area (Å²) in [4.78, 5) is 38.0. The third kappa shape index (κ3) is 49.2. The summed E-state index contributed by atoms with van der Waals surface area (Å²) in [5, 5.41) is 0. The maximum Gasteiger partial charge on any atom is 0.306 e. The number of ether oxygens (including phenoxy) is 3. The first-order valence-corrected chi connectivity index (χ1v) is 25.8. The Bertz CT molecular complexity index is 1280. The molecule has 0 saturated carbocycles. The topological polar surface area (TPSA) is 78.9 Å². The van der Waals surface area contributed by atoms with Crippen LogP contribution in [0, 0.1) is 0 Å². The second-order valence-corrected chi connectivity index (χ2v) is 16.7. The van der Waals surface area contributed by atoms with E-state index in [1.165, 1.54) is 64.2 Å². The standard InChI is InChI=1S/C57H94O6/c1-4-7-10-13-16-19-22-25-28-30-32-35-38-41-44-47-50-56(59)62-53-54(52-61-55(58)49-46-43-40-37-34-31-27-24-21-18-15-12-9-6-3)63-57(60)51-48-45-42-39-36-33-29-26-23-20-17-14-11-8-5-2/h7-12,14,16-21,23,25,28,54H,4-6,13,15,22,24,26-27,29-53H2,1-3H3/b10-7-,11-8-,12-9-,17-14-,19-16-,21-18-,23-20-,28-25-. The molecule has 63 heavy (non-hydrogen) atoms. The lowest BCUT2D eigenvalue weighted by Crippen LogP contribution is -2.30. The lowest BCUT2D eigenvalue weighted by atomic mass is 10.1. The van der Waals surface area contributed by atoms with Gasteiger partial charge in [0, 0.05) is 19.3 Å². The first-order chi connectivity index (χ1) is 31.0. The number of hydrogen-bond donors (Lipinski definition) is 0. The Kier molecular flexibility index (Phi) is 48.0. The molecule has 0 aromatic rings. The van der Waals surface area contributed by atoms with E-state index in [1.54, 1.807) is 0 Å². The van der Waals surface area contributed by atoms with Crippen LogP contribution in [0.5, 0.6) is 0 Å². The number of allylic oxidation sites excluding steroid dienone is 16. The van der Waals surface area contributed by atoms with Crippen molar-refractivity contribution in [1.82, 2.24) is 0 Å². The number of esters is 3. The number of carbonyl (C=O) groups excluding carboxylic acids is 3. The molecule has 0 bridgehead atoms. The Morgan fingerprint density at radius 3 is 1.06 bits per heavy atom. The molecule has 0 N–H and O–H groups in total. The smallest absolute Gasteiger partial charge is 0.306 e. The van der Waals surface area contributed by atoms with Gasteiger partial charge in [-0.1, -0.05) is 208 Å². The molecule has 0 radical (unpaired) electrons. The molecule has 0 aliphatic carbocycles. The van der Waals surface area contributed by atoms with Gasteiger partial charge in [0.15, 0.2) is 6.10 Å². The molecule has 0 saturated heterocycles. The summed E-state index contributed by atoms with van der Waals surface area (Å²) in [5.41, 5.74) is 0. The molecule has 1 unspecified atom stereocenters. The maximum atomic E-state index is 12.8. The van der Waals surface area contributed by atoms with Gasteiger partial charge >= 0.3 is 17.9 Å². The summed E-state index contributed by atoms with van der Waals surface area (Å²) < 4.78 is 16.8. The van der Waals surface area contributed by atoms with Crippen LogP contribution in [-0.4, -0.2) is 37.2 Å². The first-order valence-electron chi connectivity index (χ1n) is 25.8. The van der Waals surface area contributed by atoms with Crippen LogP contribution in [0.4, 0.5) is 0 Å². The van der Waals surface area contributed by atoms with Gasteiger partial charge in [-0.3, -0.25) is 14.4 Å². The van der Waals surface area contributed by atoms with Gasteiger partial charge in [-0.2, -0.15) is 0 Å². The Morgan fingerprint density at radius 1 is 0.333 bits per heavy atom. The fourth-order valence-electron chi connectivity index (χ4n) is 6.85. The highest BCUT2D eigenvalue weighted by molar-refractivity contribution is 5.71. The number of rotatable bonds is 45.